The van der Waals surface area contributed by atoms with E-state index in [1.165, 1.54) is 0 Å². The molecule has 6 nitrogen and oxygen atoms in total. The molecule has 2 atom stereocenters. The van der Waals surface area contributed by atoms with Gasteiger partial charge in [0.25, 0.3) is 5.91 Å². The first-order valence-electron chi connectivity index (χ1n) is 10.3. The number of furan rings is 1. The van der Waals surface area contributed by atoms with Gasteiger partial charge in [0.1, 0.15) is 11.3 Å². The molecule has 1 N–H and O–H groups in total. The number of aryl methyl sites for hydroxylation is 1. The largest absolute Gasteiger partial charge is 0.484 e. The number of hydrogen-bond donors (Lipinski definition) is 1. The van der Waals surface area contributed by atoms with E-state index in [0.717, 1.165) is 35.1 Å². The number of amides is 1. The molecule has 1 fully saturated rings. The number of nitrogens with zero attached hydrogens (tertiary/aromatic N) is 2. The molecule has 1 amide bonds. The first-order chi connectivity index (χ1) is 14.5. The molecule has 1 aromatic heterocycles. The number of carbonyl (C=O) groups excluding carboxylic acids is 1. The number of aliphatic hydroxyl groups is 1. The summed E-state index contributed by atoms with van der Waals surface area (Å²) in [5, 5.41) is 10.9. The summed E-state index contributed by atoms with van der Waals surface area (Å²) < 4.78 is 11.2. The Morgan fingerprint density at radius 2 is 2.17 bits per heavy atom. The van der Waals surface area contributed by atoms with Gasteiger partial charge in [-0.1, -0.05) is 29.8 Å². The van der Waals surface area contributed by atoms with Gasteiger partial charge in [-0.05, 0) is 37.1 Å². The van der Waals surface area contributed by atoms with Crippen LogP contribution in [-0.2, 0) is 4.79 Å². The molecule has 1 unspecified atom stereocenters. The fourth-order valence-electron chi connectivity index (χ4n) is 4.00. The fraction of sp³-hybridized carbons (Fsp3) is 0.375. The minimum absolute atomic E-state index is 0.0480. The zero-order chi connectivity index (χ0) is 21.1. The van der Waals surface area contributed by atoms with Crippen LogP contribution in [0.4, 0.5) is 0 Å². The van der Waals surface area contributed by atoms with E-state index < -0.39 is 0 Å². The van der Waals surface area contributed by atoms with Gasteiger partial charge in [0.05, 0.1) is 18.4 Å². The lowest BCUT2D eigenvalue weighted by molar-refractivity contribution is -0.134. The molecule has 1 aliphatic rings. The lowest BCUT2D eigenvalue weighted by Gasteiger charge is -2.32. The maximum absolute atomic E-state index is 13.0. The van der Waals surface area contributed by atoms with Gasteiger partial charge in [-0.3, -0.25) is 9.69 Å². The van der Waals surface area contributed by atoms with Crippen molar-refractivity contribution in [1.82, 2.24) is 9.80 Å². The molecule has 0 bridgehead atoms. The van der Waals surface area contributed by atoms with Crippen LogP contribution in [0.25, 0.3) is 11.0 Å². The summed E-state index contributed by atoms with van der Waals surface area (Å²) in [7, 11) is 1.82. The summed E-state index contributed by atoms with van der Waals surface area (Å²) in [6.07, 6.45) is 2.12. The molecule has 0 spiro atoms. The molecule has 1 saturated heterocycles. The Kier molecular flexibility index (Phi) is 6.06. The normalized spacial score (nSPS) is 17.9. The number of hydrogen-bond acceptors (Lipinski definition) is 5. The van der Waals surface area contributed by atoms with Gasteiger partial charge < -0.3 is 19.2 Å². The third-order valence-electron chi connectivity index (χ3n) is 5.76. The summed E-state index contributed by atoms with van der Waals surface area (Å²) in [6.45, 7) is 4.17. The van der Waals surface area contributed by atoms with Crippen LogP contribution in [0.5, 0.6) is 5.75 Å². The molecule has 0 aliphatic carbocycles. The molecule has 1 aliphatic heterocycles. The summed E-state index contributed by atoms with van der Waals surface area (Å²) in [4.78, 5) is 16.9. The molecule has 0 saturated carbocycles. The van der Waals surface area contributed by atoms with Crippen molar-refractivity contribution in [1.29, 1.82) is 0 Å². The fourth-order valence-corrected chi connectivity index (χ4v) is 4.00. The number of ether oxygens (including phenoxy) is 1. The van der Waals surface area contributed by atoms with Gasteiger partial charge in [-0.15, -0.1) is 0 Å². The number of fused-ring (bicyclic) bond motifs is 1. The van der Waals surface area contributed by atoms with Gasteiger partial charge in [-0.2, -0.15) is 0 Å². The maximum atomic E-state index is 13.0. The van der Waals surface area contributed by atoms with Crippen LogP contribution < -0.4 is 4.74 Å². The number of rotatable bonds is 7. The average molecular weight is 408 g/mol. The predicted octanol–water partition coefficient (Wildman–Crippen LogP) is 3.39. The third-order valence-corrected chi connectivity index (χ3v) is 5.76. The summed E-state index contributed by atoms with van der Waals surface area (Å²) >= 11 is 0. The standard InChI is InChI=1S/C24H28N2O4/c1-17-4-3-5-19(12-17)22(15-26-10-8-20(27)14-26)25(2)24(28)16-30-21-7-6-18-9-11-29-23(18)13-21/h3-7,9,11-13,20,22,27H,8,10,14-16H2,1-2H3/t20-,22?/m0/s1. The van der Waals surface area contributed by atoms with Crippen LogP contribution >= 0.6 is 0 Å². The number of carbonyl (C=O) groups is 1. The zero-order valence-corrected chi connectivity index (χ0v) is 17.5. The van der Waals surface area contributed by atoms with Crippen LogP contribution in [0.1, 0.15) is 23.6 Å². The van der Waals surface area contributed by atoms with Crippen molar-refractivity contribution < 1.29 is 19.1 Å². The number of likely N-dealkylation sites (N-methyl/N-ethyl adjacent to an activating group) is 1. The molecular weight excluding hydrogens is 380 g/mol. The summed E-state index contributed by atoms with van der Waals surface area (Å²) in [6, 6.07) is 15.6. The van der Waals surface area contributed by atoms with Crippen molar-refractivity contribution in [2.24, 2.45) is 0 Å². The molecule has 3 aromatic rings. The third kappa shape index (κ3) is 4.66. The average Bonchev–Trinajstić information content (AvgIpc) is 3.37. The number of benzene rings is 2. The maximum Gasteiger partial charge on any atom is 0.260 e. The Morgan fingerprint density at radius 1 is 1.30 bits per heavy atom. The lowest BCUT2D eigenvalue weighted by Crippen LogP contribution is -2.41. The van der Waals surface area contributed by atoms with E-state index in [4.69, 9.17) is 9.15 Å². The number of aliphatic hydroxyl groups excluding tert-OH is 1. The van der Waals surface area contributed by atoms with Crippen LogP contribution in [-0.4, -0.2) is 60.2 Å². The second kappa shape index (κ2) is 8.90. The molecule has 2 heterocycles. The van der Waals surface area contributed by atoms with Crippen LogP contribution in [0.15, 0.2) is 59.2 Å². The smallest absolute Gasteiger partial charge is 0.260 e. The summed E-state index contributed by atoms with van der Waals surface area (Å²) in [5.74, 6) is 0.509. The van der Waals surface area contributed by atoms with Crippen molar-refractivity contribution in [2.45, 2.75) is 25.5 Å². The molecule has 2 aromatic carbocycles. The van der Waals surface area contributed by atoms with E-state index in [1.807, 2.05) is 31.3 Å². The van der Waals surface area contributed by atoms with Crippen molar-refractivity contribution in [3.05, 3.63) is 65.9 Å². The van der Waals surface area contributed by atoms with E-state index in [1.54, 1.807) is 17.2 Å². The van der Waals surface area contributed by atoms with E-state index in [2.05, 4.69) is 30.0 Å². The topological polar surface area (TPSA) is 66.2 Å². The molecular formula is C24H28N2O4. The minimum Gasteiger partial charge on any atom is -0.484 e. The highest BCUT2D eigenvalue weighted by Crippen LogP contribution is 2.25. The summed E-state index contributed by atoms with van der Waals surface area (Å²) in [5.41, 5.74) is 2.98. The van der Waals surface area contributed by atoms with Gasteiger partial charge in [0.15, 0.2) is 6.61 Å². The van der Waals surface area contributed by atoms with E-state index in [0.29, 0.717) is 18.8 Å². The first kappa shape index (κ1) is 20.4. The highest BCUT2D eigenvalue weighted by molar-refractivity contribution is 5.80. The van der Waals surface area contributed by atoms with Crippen molar-refractivity contribution in [2.75, 3.05) is 33.3 Å². The lowest BCUT2D eigenvalue weighted by atomic mass is 10.0. The van der Waals surface area contributed by atoms with Gasteiger partial charge in [0, 0.05) is 38.1 Å². The van der Waals surface area contributed by atoms with Gasteiger partial charge in [-0.25, -0.2) is 0 Å². The predicted molar refractivity (Wildman–Crippen MR) is 115 cm³/mol. The Balaban J connectivity index is 1.46. The van der Waals surface area contributed by atoms with Crippen LogP contribution in [0.2, 0.25) is 0 Å². The Hall–Kier alpha value is -2.83. The minimum atomic E-state index is -0.288. The Morgan fingerprint density at radius 3 is 2.93 bits per heavy atom. The molecule has 6 heteroatoms. The van der Waals surface area contributed by atoms with Crippen molar-refractivity contribution in [3.8, 4) is 5.75 Å². The second-order valence-electron chi connectivity index (χ2n) is 8.05. The molecule has 158 valence electrons. The molecule has 30 heavy (non-hydrogen) atoms. The Bertz CT molecular complexity index is 1020. The second-order valence-corrected chi connectivity index (χ2v) is 8.05. The Labute approximate surface area is 176 Å². The number of β-amino-alcohol motifs (C(OH)–C–C–N with tert-alkyl or cyclic N) is 1. The van der Waals surface area contributed by atoms with Gasteiger partial charge >= 0.3 is 0 Å². The zero-order valence-electron chi connectivity index (χ0n) is 17.5. The van der Waals surface area contributed by atoms with Crippen molar-refractivity contribution >= 4 is 16.9 Å². The van der Waals surface area contributed by atoms with E-state index >= 15 is 0 Å². The molecule has 0 radical (unpaired) electrons. The number of likely N-dealkylation sites (tertiary alicyclic amines) is 1. The first-order valence-corrected chi connectivity index (χ1v) is 10.3. The highest BCUT2D eigenvalue weighted by atomic mass is 16.5. The monoisotopic (exact) mass is 408 g/mol. The van der Waals surface area contributed by atoms with Crippen LogP contribution in [0.3, 0.4) is 0 Å². The van der Waals surface area contributed by atoms with Gasteiger partial charge in [0.2, 0.25) is 0 Å². The van der Waals surface area contributed by atoms with Crippen LogP contribution in [0, 0.1) is 6.92 Å². The van der Waals surface area contributed by atoms with Crippen molar-refractivity contribution in [3.63, 3.8) is 0 Å². The van der Waals surface area contributed by atoms with E-state index in [-0.39, 0.29) is 24.7 Å². The highest BCUT2D eigenvalue weighted by Gasteiger charge is 2.28. The molecule has 4 rings (SSSR count). The van der Waals surface area contributed by atoms with E-state index in [9.17, 15) is 9.90 Å². The SMILES string of the molecule is Cc1cccc(C(CN2CC[C@H](O)C2)N(C)C(=O)COc2ccc3ccoc3c2)c1. The quantitative estimate of drug-likeness (QED) is 0.649.